The van der Waals surface area contributed by atoms with Crippen molar-refractivity contribution in [3.05, 3.63) is 51.0 Å². The summed E-state index contributed by atoms with van der Waals surface area (Å²) in [7, 11) is 0. The summed E-state index contributed by atoms with van der Waals surface area (Å²) in [5, 5.41) is 11.4. The summed E-state index contributed by atoms with van der Waals surface area (Å²) in [6.45, 7) is 3.22. The Labute approximate surface area is 214 Å². The fourth-order valence-corrected chi connectivity index (χ4v) is 5.46. The first kappa shape index (κ1) is 24.5. The van der Waals surface area contributed by atoms with E-state index in [1.165, 1.54) is 10.1 Å². The molecule has 194 valence electrons. The molecule has 5 rings (SSSR count). The summed E-state index contributed by atoms with van der Waals surface area (Å²) < 4.78 is 2.04. The van der Waals surface area contributed by atoms with Crippen LogP contribution in [0.3, 0.4) is 0 Å². The Kier molecular flexibility index (Phi) is 7.13. The van der Waals surface area contributed by atoms with E-state index in [4.69, 9.17) is 16.4 Å². The van der Waals surface area contributed by atoms with E-state index in [1.54, 1.807) is 14.7 Å². The molecule has 11 heteroatoms. The average Bonchev–Trinajstić information content (AvgIpc) is 3.52. The molecule has 2 fully saturated rings. The summed E-state index contributed by atoms with van der Waals surface area (Å²) in [6, 6.07) is 7.79. The Balaban J connectivity index is 1.16. The highest BCUT2D eigenvalue weighted by molar-refractivity contribution is 6.30. The number of urea groups is 1. The lowest BCUT2D eigenvalue weighted by molar-refractivity contribution is 0.0673. The van der Waals surface area contributed by atoms with Gasteiger partial charge in [-0.2, -0.15) is 0 Å². The Morgan fingerprint density at radius 1 is 0.944 bits per heavy atom. The van der Waals surface area contributed by atoms with E-state index in [-0.39, 0.29) is 24.8 Å². The fourth-order valence-electron chi connectivity index (χ4n) is 5.34. The summed E-state index contributed by atoms with van der Waals surface area (Å²) >= 11 is 5.95. The maximum Gasteiger partial charge on any atom is 0.434 e. The van der Waals surface area contributed by atoms with Crippen LogP contribution in [0.2, 0.25) is 5.02 Å². The number of carbonyl (C=O) groups is 2. The van der Waals surface area contributed by atoms with Crippen molar-refractivity contribution in [2.75, 3.05) is 32.7 Å². The average molecular weight is 518 g/mol. The number of amides is 3. The zero-order valence-corrected chi connectivity index (χ0v) is 21.0. The Bertz CT molecular complexity index is 1160. The van der Waals surface area contributed by atoms with Gasteiger partial charge in [-0.15, -0.1) is 0 Å². The summed E-state index contributed by atoms with van der Waals surface area (Å²) in [4.78, 5) is 48.7. The molecule has 2 aromatic rings. The van der Waals surface area contributed by atoms with Crippen LogP contribution in [-0.2, 0) is 19.5 Å². The molecule has 4 heterocycles. The van der Waals surface area contributed by atoms with Gasteiger partial charge in [-0.3, -0.25) is 4.57 Å². The Hall–Kier alpha value is -3.14. The first-order valence-electron chi connectivity index (χ1n) is 12.7. The second-order valence-corrected chi connectivity index (χ2v) is 10.3. The fraction of sp³-hybridized carbons (Fsp3) is 0.560. The van der Waals surface area contributed by atoms with Gasteiger partial charge in [-0.05, 0) is 62.1 Å². The van der Waals surface area contributed by atoms with Gasteiger partial charge in [0, 0.05) is 44.3 Å². The number of benzene rings is 1. The van der Waals surface area contributed by atoms with E-state index < -0.39 is 17.7 Å². The molecule has 0 aliphatic carbocycles. The lowest BCUT2D eigenvalue weighted by Gasteiger charge is -2.31. The number of fused-ring (bicyclic) bond motifs is 1. The predicted octanol–water partition coefficient (Wildman–Crippen LogP) is 2.93. The highest BCUT2D eigenvalue weighted by Gasteiger charge is 2.33. The van der Waals surface area contributed by atoms with Crippen LogP contribution in [0, 0.1) is 5.92 Å². The van der Waals surface area contributed by atoms with Crippen LogP contribution >= 0.6 is 11.6 Å². The van der Waals surface area contributed by atoms with E-state index in [1.807, 2.05) is 24.3 Å². The highest BCUT2D eigenvalue weighted by atomic mass is 35.5. The van der Waals surface area contributed by atoms with E-state index in [0.29, 0.717) is 30.3 Å². The topological polar surface area (TPSA) is 100 Å². The van der Waals surface area contributed by atoms with Crippen molar-refractivity contribution in [3.8, 4) is 5.88 Å². The number of nitrogens with zero attached hydrogens (tertiary/aromatic N) is 5. The van der Waals surface area contributed by atoms with Crippen molar-refractivity contribution >= 4 is 23.7 Å². The monoisotopic (exact) mass is 517 g/mol. The first-order chi connectivity index (χ1) is 17.4. The lowest BCUT2D eigenvalue weighted by Crippen LogP contribution is -2.47. The molecule has 0 bridgehead atoms. The van der Waals surface area contributed by atoms with Gasteiger partial charge in [-0.1, -0.05) is 28.5 Å². The second-order valence-electron chi connectivity index (χ2n) is 9.85. The number of aromatic nitrogens is 2. The third-order valence-electron chi connectivity index (χ3n) is 7.56. The molecular formula is C25H32ClN5O5. The maximum atomic E-state index is 12.8. The molecule has 10 nitrogen and oxygen atoms in total. The number of aryl methyl sites for hydroxylation is 1. The molecule has 3 amide bonds. The smallest absolute Gasteiger partial charge is 0.434 e. The molecule has 1 aromatic carbocycles. The summed E-state index contributed by atoms with van der Waals surface area (Å²) in [5.41, 5.74) is 0.920. The van der Waals surface area contributed by atoms with Gasteiger partial charge in [0.15, 0.2) is 0 Å². The summed E-state index contributed by atoms with van der Waals surface area (Å²) in [5.74, 6) is 0.0758. The Morgan fingerprint density at radius 3 is 2.33 bits per heavy atom. The van der Waals surface area contributed by atoms with Gasteiger partial charge < -0.3 is 24.6 Å². The molecule has 3 aliphatic rings. The zero-order valence-electron chi connectivity index (χ0n) is 20.3. The van der Waals surface area contributed by atoms with E-state index in [2.05, 4.69) is 0 Å². The number of hydrogen-bond donors (Lipinski definition) is 1. The number of rotatable bonds is 4. The first-order valence-corrected chi connectivity index (χ1v) is 13.1. The van der Waals surface area contributed by atoms with Crippen LogP contribution < -0.4 is 10.5 Å². The number of likely N-dealkylation sites (tertiary alicyclic amines) is 2. The van der Waals surface area contributed by atoms with Gasteiger partial charge in [0.05, 0.1) is 6.54 Å². The van der Waals surface area contributed by atoms with Crippen LogP contribution in [0.5, 0.6) is 5.88 Å². The number of carbonyl (C=O) groups excluding carboxylic acids is 2. The SMILES string of the molecule is O=C(On1c(O)c2n(c1=O)CCN(C(=O)N1CCCC1)C2)N1CCC(CCc2ccc(Cl)cc2)CC1. The molecule has 0 atom stereocenters. The molecule has 2 saturated heterocycles. The molecule has 1 N–H and O–H groups in total. The molecule has 0 spiro atoms. The zero-order chi connectivity index (χ0) is 25.2. The third-order valence-corrected chi connectivity index (χ3v) is 7.81. The molecule has 0 radical (unpaired) electrons. The van der Waals surface area contributed by atoms with E-state index in [0.717, 1.165) is 56.6 Å². The quantitative estimate of drug-likeness (QED) is 0.672. The highest BCUT2D eigenvalue weighted by Crippen LogP contribution is 2.25. The summed E-state index contributed by atoms with van der Waals surface area (Å²) in [6.07, 6.45) is 5.01. The molecule has 3 aliphatic heterocycles. The van der Waals surface area contributed by atoms with Crippen LogP contribution in [-0.4, -0.2) is 74.0 Å². The molecule has 36 heavy (non-hydrogen) atoms. The molecule has 0 saturated carbocycles. The van der Waals surface area contributed by atoms with Crippen molar-refractivity contribution in [2.24, 2.45) is 5.92 Å². The number of piperidine rings is 1. The maximum absolute atomic E-state index is 12.8. The van der Waals surface area contributed by atoms with Crippen molar-refractivity contribution in [1.29, 1.82) is 0 Å². The van der Waals surface area contributed by atoms with Gasteiger partial charge in [0.25, 0.3) is 5.88 Å². The number of halogens is 1. The number of aromatic hydroxyl groups is 1. The van der Waals surface area contributed by atoms with Crippen LogP contribution in [0.1, 0.15) is 43.4 Å². The number of imidazole rings is 1. The largest absolute Gasteiger partial charge is 0.491 e. The normalized spacial score (nSPS) is 18.4. The minimum absolute atomic E-state index is 0.0886. The molecule has 0 unspecified atom stereocenters. The van der Waals surface area contributed by atoms with Crippen molar-refractivity contribution < 1.29 is 19.5 Å². The standard InChI is InChI=1S/C25H32ClN5O5/c26-20-7-5-18(6-8-20)3-4-19-9-13-28(14-10-19)25(35)36-31-22(32)21-17-29(15-16-30(21)24(31)34)23(33)27-11-1-2-12-27/h5-8,19,32H,1-4,9-17H2. The van der Waals surface area contributed by atoms with Crippen molar-refractivity contribution in [1.82, 2.24) is 24.0 Å². The molecular weight excluding hydrogens is 486 g/mol. The van der Waals surface area contributed by atoms with Gasteiger partial charge in [0.2, 0.25) is 0 Å². The minimum Gasteiger partial charge on any atom is -0.491 e. The minimum atomic E-state index is -0.656. The van der Waals surface area contributed by atoms with Crippen LogP contribution in [0.25, 0.3) is 0 Å². The lowest BCUT2D eigenvalue weighted by atomic mass is 9.91. The van der Waals surface area contributed by atoms with Gasteiger partial charge in [0.1, 0.15) is 5.69 Å². The second kappa shape index (κ2) is 10.5. The van der Waals surface area contributed by atoms with Crippen LogP contribution in [0.4, 0.5) is 9.59 Å². The van der Waals surface area contributed by atoms with E-state index >= 15 is 0 Å². The van der Waals surface area contributed by atoms with Gasteiger partial charge >= 0.3 is 17.8 Å². The van der Waals surface area contributed by atoms with E-state index in [9.17, 15) is 19.5 Å². The predicted molar refractivity (Wildman–Crippen MR) is 133 cm³/mol. The third kappa shape index (κ3) is 5.04. The molecule has 1 aromatic heterocycles. The van der Waals surface area contributed by atoms with Gasteiger partial charge in [-0.25, -0.2) is 14.4 Å². The Morgan fingerprint density at radius 2 is 1.64 bits per heavy atom. The van der Waals surface area contributed by atoms with Crippen molar-refractivity contribution in [3.63, 3.8) is 0 Å². The number of hydrogen-bond acceptors (Lipinski definition) is 5. The van der Waals surface area contributed by atoms with Crippen LogP contribution in [0.15, 0.2) is 29.1 Å². The van der Waals surface area contributed by atoms with Crippen molar-refractivity contribution in [2.45, 2.75) is 51.6 Å².